The first-order valence-corrected chi connectivity index (χ1v) is 6.57. The van der Waals surface area contributed by atoms with Crippen LogP contribution in [0.2, 0.25) is 0 Å². The molecule has 0 spiro atoms. The second-order valence-electron chi connectivity index (χ2n) is 5.54. The summed E-state index contributed by atoms with van der Waals surface area (Å²) in [5, 5.41) is 0. The molecule has 17 heavy (non-hydrogen) atoms. The van der Waals surface area contributed by atoms with Crippen molar-refractivity contribution >= 4 is 15.1 Å². The highest BCUT2D eigenvalue weighted by atomic mass is 31.2. The van der Waals surface area contributed by atoms with Crippen molar-refractivity contribution in [3.63, 3.8) is 0 Å². The summed E-state index contributed by atoms with van der Waals surface area (Å²) in [6, 6.07) is 0. The van der Waals surface area contributed by atoms with Crippen LogP contribution in [-0.2, 0) is 23.1 Å². The van der Waals surface area contributed by atoms with Crippen LogP contribution in [0.15, 0.2) is 0 Å². The van der Waals surface area contributed by atoms with Gasteiger partial charge >= 0.3 is 8.60 Å². The standard InChI is InChI=1S/C11H23O5P/c1-9(13-8-12)14-17(15-10(2,3)4)16-11(5,6)7/h8-9H,1-7H3. The van der Waals surface area contributed by atoms with E-state index in [1.165, 1.54) is 0 Å². The SMILES string of the molecule is CC(OC=O)OP(OC(C)(C)C)OC(C)(C)C. The van der Waals surface area contributed by atoms with Crippen LogP contribution in [0.25, 0.3) is 0 Å². The number of hydrogen-bond acceptors (Lipinski definition) is 5. The van der Waals surface area contributed by atoms with E-state index in [2.05, 4.69) is 4.74 Å². The van der Waals surface area contributed by atoms with Crippen molar-refractivity contribution in [2.45, 2.75) is 66.0 Å². The second kappa shape index (κ2) is 6.64. The molecule has 0 aliphatic heterocycles. The van der Waals surface area contributed by atoms with Gasteiger partial charge in [0.1, 0.15) is 0 Å². The Labute approximate surface area is 105 Å². The average molecular weight is 266 g/mol. The van der Waals surface area contributed by atoms with Crippen molar-refractivity contribution in [1.29, 1.82) is 0 Å². The Morgan fingerprint density at radius 2 is 1.41 bits per heavy atom. The zero-order chi connectivity index (χ0) is 13.7. The van der Waals surface area contributed by atoms with Crippen LogP contribution in [0, 0.1) is 0 Å². The van der Waals surface area contributed by atoms with E-state index in [1.807, 2.05) is 41.5 Å². The first kappa shape index (κ1) is 16.8. The maximum Gasteiger partial charge on any atom is 0.336 e. The van der Waals surface area contributed by atoms with Crippen molar-refractivity contribution in [3.05, 3.63) is 0 Å². The Hall–Kier alpha value is -0.220. The van der Waals surface area contributed by atoms with E-state index in [-0.39, 0.29) is 0 Å². The maximum atomic E-state index is 10.2. The average Bonchev–Trinajstić information content (AvgIpc) is 1.96. The monoisotopic (exact) mass is 266 g/mol. The molecule has 1 unspecified atom stereocenters. The molecular weight excluding hydrogens is 243 g/mol. The summed E-state index contributed by atoms with van der Waals surface area (Å²) in [6.07, 6.45) is -0.691. The van der Waals surface area contributed by atoms with Crippen molar-refractivity contribution in [2.75, 3.05) is 0 Å². The van der Waals surface area contributed by atoms with E-state index < -0.39 is 26.1 Å². The summed E-state index contributed by atoms with van der Waals surface area (Å²) >= 11 is 0. The van der Waals surface area contributed by atoms with Crippen LogP contribution in [0.4, 0.5) is 0 Å². The Balaban J connectivity index is 4.45. The number of carbonyl (C=O) groups excluding carboxylic acids is 1. The molecule has 5 nitrogen and oxygen atoms in total. The summed E-state index contributed by atoms with van der Waals surface area (Å²) in [6.45, 7) is 13.4. The van der Waals surface area contributed by atoms with E-state index in [9.17, 15) is 4.79 Å². The summed E-state index contributed by atoms with van der Waals surface area (Å²) in [5.74, 6) is 0. The lowest BCUT2D eigenvalue weighted by molar-refractivity contribution is -0.147. The van der Waals surface area contributed by atoms with E-state index in [1.54, 1.807) is 6.92 Å². The molecule has 0 aliphatic carbocycles. The van der Waals surface area contributed by atoms with Crippen molar-refractivity contribution < 1.29 is 23.1 Å². The van der Waals surface area contributed by atoms with Crippen LogP contribution in [0.1, 0.15) is 48.5 Å². The molecule has 0 N–H and O–H groups in total. The Morgan fingerprint density at radius 1 is 1.00 bits per heavy atom. The van der Waals surface area contributed by atoms with Gasteiger partial charge in [0.25, 0.3) is 6.47 Å². The van der Waals surface area contributed by atoms with Crippen LogP contribution in [0.3, 0.4) is 0 Å². The minimum atomic E-state index is -1.57. The summed E-state index contributed by atoms with van der Waals surface area (Å²) in [5.41, 5.74) is -0.782. The molecule has 0 rings (SSSR count). The topological polar surface area (TPSA) is 54.0 Å². The maximum absolute atomic E-state index is 10.2. The molecule has 102 valence electrons. The van der Waals surface area contributed by atoms with Gasteiger partial charge in [0.05, 0.1) is 11.2 Å². The largest absolute Gasteiger partial charge is 0.438 e. The summed E-state index contributed by atoms with van der Waals surface area (Å²) in [4.78, 5) is 10.2. The lowest BCUT2D eigenvalue weighted by Gasteiger charge is -2.31. The third kappa shape index (κ3) is 10.6. The summed E-state index contributed by atoms with van der Waals surface area (Å²) < 4.78 is 21.4. The van der Waals surface area contributed by atoms with Crippen molar-refractivity contribution in [1.82, 2.24) is 0 Å². The van der Waals surface area contributed by atoms with Crippen LogP contribution in [-0.4, -0.2) is 24.0 Å². The van der Waals surface area contributed by atoms with Gasteiger partial charge in [0.15, 0.2) is 0 Å². The molecule has 1 atom stereocenters. The zero-order valence-electron chi connectivity index (χ0n) is 11.6. The fourth-order valence-electron chi connectivity index (χ4n) is 0.733. The quantitative estimate of drug-likeness (QED) is 0.419. The smallest absolute Gasteiger partial charge is 0.336 e. The van der Waals surface area contributed by atoms with Gasteiger partial charge in [-0.15, -0.1) is 0 Å². The number of carbonyl (C=O) groups is 1. The highest BCUT2D eigenvalue weighted by Crippen LogP contribution is 2.48. The first-order valence-electron chi connectivity index (χ1n) is 5.48. The molecule has 0 aromatic rings. The zero-order valence-corrected chi connectivity index (χ0v) is 12.5. The molecule has 0 heterocycles. The molecule has 0 saturated heterocycles. The molecule has 0 amide bonds. The van der Waals surface area contributed by atoms with E-state index in [4.69, 9.17) is 13.6 Å². The van der Waals surface area contributed by atoms with Crippen LogP contribution in [0.5, 0.6) is 0 Å². The minimum Gasteiger partial charge on any atom is -0.438 e. The fourth-order valence-corrected chi connectivity index (χ4v) is 2.04. The second-order valence-corrected chi connectivity index (χ2v) is 6.56. The third-order valence-corrected chi connectivity index (χ3v) is 3.04. The van der Waals surface area contributed by atoms with E-state index in [0.717, 1.165) is 0 Å². The molecule has 0 saturated carbocycles. The van der Waals surface area contributed by atoms with Gasteiger partial charge in [-0.25, -0.2) is 0 Å². The molecule has 0 aromatic carbocycles. The highest BCUT2D eigenvalue weighted by Gasteiger charge is 2.29. The molecule has 0 aromatic heterocycles. The Kier molecular flexibility index (Phi) is 6.56. The van der Waals surface area contributed by atoms with Gasteiger partial charge in [-0.2, -0.15) is 0 Å². The minimum absolute atomic E-state index is 0.340. The van der Waals surface area contributed by atoms with Gasteiger partial charge in [-0.05, 0) is 48.5 Å². The molecule has 0 bridgehead atoms. The molecule has 0 radical (unpaired) electrons. The van der Waals surface area contributed by atoms with Gasteiger partial charge in [0, 0.05) is 0 Å². The predicted octanol–water partition coefficient (Wildman–Crippen LogP) is 3.38. The molecule has 6 heteroatoms. The fraction of sp³-hybridized carbons (Fsp3) is 0.909. The third-order valence-electron chi connectivity index (χ3n) is 1.18. The molecule has 0 fully saturated rings. The van der Waals surface area contributed by atoms with Crippen molar-refractivity contribution in [2.24, 2.45) is 0 Å². The predicted molar refractivity (Wildman–Crippen MR) is 66.3 cm³/mol. The van der Waals surface area contributed by atoms with Gasteiger partial charge in [-0.1, -0.05) is 0 Å². The van der Waals surface area contributed by atoms with Crippen LogP contribution < -0.4 is 0 Å². The van der Waals surface area contributed by atoms with E-state index >= 15 is 0 Å². The Morgan fingerprint density at radius 3 is 1.71 bits per heavy atom. The number of hydrogen-bond donors (Lipinski definition) is 0. The lowest BCUT2D eigenvalue weighted by atomic mass is 10.2. The molecule has 0 aliphatic rings. The Bertz CT molecular complexity index is 215. The van der Waals surface area contributed by atoms with Crippen LogP contribution >= 0.6 is 8.60 Å². The van der Waals surface area contributed by atoms with E-state index in [0.29, 0.717) is 6.47 Å². The van der Waals surface area contributed by atoms with Gasteiger partial charge in [-0.3, -0.25) is 9.32 Å². The normalized spacial score (nSPS) is 14.8. The number of ether oxygens (including phenoxy) is 1. The molecular formula is C11H23O5P. The van der Waals surface area contributed by atoms with Crippen molar-refractivity contribution in [3.8, 4) is 0 Å². The van der Waals surface area contributed by atoms with Gasteiger partial charge in [0.2, 0.25) is 6.29 Å². The number of rotatable bonds is 6. The lowest BCUT2D eigenvalue weighted by Crippen LogP contribution is -2.24. The summed E-state index contributed by atoms with van der Waals surface area (Å²) in [7, 11) is -1.57. The first-order chi connectivity index (χ1) is 7.53. The van der Waals surface area contributed by atoms with Gasteiger partial charge < -0.3 is 13.8 Å². The highest BCUT2D eigenvalue weighted by molar-refractivity contribution is 7.41.